The number of rotatable bonds is 7. The molecule has 0 aliphatic carbocycles. The molecule has 0 spiro atoms. The van der Waals surface area contributed by atoms with Crippen molar-refractivity contribution in [1.29, 1.82) is 0 Å². The zero-order chi connectivity index (χ0) is 25.1. The third kappa shape index (κ3) is 5.27. The van der Waals surface area contributed by atoms with Crippen LogP contribution in [0.3, 0.4) is 0 Å². The molecule has 1 aliphatic heterocycles. The molecule has 182 valence electrons. The van der Waals surface area contributed by atoms with Crippen molar-refractivity contribution in [3.05, 3.63) is 96.4 Å². The molecule has 2 aromatic carbocycles. The quantitative estimate of drug-likeness (QED) is 0.466. The van der Waals surface area contributed by atoms with Crippen LogP contribution in [-0.2, 0) is 9.53 Å². The number of nitrogens with zero attached hydrogens (tertiary/aromatic N) is 2. The van der Waals surface area contributed by atoms with Gasteiger partial charge in [-0.1, -0.05) is 49.4 Å². The van der Waals surface area contributed by atoms with Gasteiger partial charge in [-0.15, -0.1) is 0 Å². The van der Waals surface area contributed by atoms with Crippen molar-refractivity contribution >= 4 is 23.4 Å². The maximum absolute atomic E-state index is 13.6. The van der Waals surface area contributed by atoms with Gasteiger partial charge >= 0.3 is 5.97 Å². The van der Waals surface area contributed by atoms with Gasteiger partial charge in [-0.3, -0.25) is 9.36 Å². The van der Waals surface area contributed by atoms with Crippen LogP contribution >= 0.6 is 11.3 Å². The van der Waals surface area contributed by atoms with E-state index in [4.69, 9.17) is 9.47 Å². The van der Waals surface area contributed by atoms with Crippen molar-refractivity contribution in [2.75, 3.05) is 13.2 Å². The lowest BCUT2D eigenvalue weighted by atomic mass is 9.96. The molecule has 6 nitrogen and oxygen atoms in total. The number of ether oxygens (including phenoxy) is 2. The second-order valence-electron chi connectivity index (χ2n) is 8.63. The predicted octanol–water partition coefficient (Wildman–Crippen LogP) is 3.97. The highest BCUT2D eigenvalue weighted by molar-refractivity contribution is 7.07. The van der Waals surface area contributed by atoms with Crippen LogP contribution in [0, 0.1) is 11.7 Å². The van der Waals surface area contributed by atoms with Gasteiger partial charge in [0.25, 0.3) is 5.56 Å². The van der Waals surface area contributed by atoms with E-state index in [1.165, 1.54) is 28.0 Å². The summed E-state index contributed by atoms with van der Waals surface area (Å²) in [4.78, 5) is 31.4. The van der Waals surface area contributed by atoms with E-state index in [0.29, 0.717) is 33.1 Å². The summed E-state index contributed by atoms with van der Waals surface area (Å²) in [6.45, 7) is 8.42. The molecule has 0 saturated heterocycles. The largest absolute Gasteiger partial charge is 0.493 e. The van der Waals surface area contributed by atoms with E-state index < -0.39 is 17.8 Å². The van der Waals surface area contributed by atoms with E-state index in [1.807, 2.05) is 24.3 Å². The van der Waals surface area contributed by atoms with E-state index in [2.05, 4.69) is 18.8 Å². The first-order valence-corrected chi connectivity index (χ1v) is 12.3. The number of halogens is 1. The third-order valence-corrected chi connectivity index (χ3v) is 6.45. The van der Waals surface area contributed by atoms with Crippen molar-refractivity contribution in [2.45, 2.75) is 33.7 Å². The molecule has 8 heteroatoms. The Bertz CT molecular complexity index is 1430. The predicted molar refractivity (Wildman–Crippen MR) is 134 cm³/mol. The van der Waals surface area contributed by atoms with Crippen LogP contribution in [0.25, 0.3) is 6.08 Å². The summed E-state index contributed by atoms with van der Waals surface area (Å²) in [5.74, 6) is 0.242. The van der Waals surface area contributed by atoms with Gasteiger partial charge in [0, 0.05) is 0 Å². The van der Waals surface area contributed by atoms with Gasteiger partial charge in [-0.05, 0) is 61.2 Å². The first-order valence-electron chi connectivity index (χ1n) is 11.5. The fraction of sp³-hybridized carbons (Fsp3) is 0.296. The Hall–Kier alpha value is -3.52. The van der Waals surface area contributed by atoms with Crippen LogP contribution in [0.4, 0.5) is 4.39 Å². The normalized spacial score (nSPS) is 15.7. The highest BCUT2D eigenvalue weighted by atomic mass is 32.1. The van der Waals surface area contributed by atoms with Crippen molar-refractivity contribution < 1.29 is 18.7 Å². The second kappa shape index (κ2) is 10.4. The van der Waals surface area contributed by atoms with E-state index >= 15 is 0 Å². The lowest BCUT2D eigenvalue weighted by Gasteiger charge is -2.24. The van der Waals surface area contributed by atoms with E-state index in [0.717, 1.165) is 11.3 Å². The molecule has 0 saturated carbocycles. The van der Waals surface area contributed by atoms with Crippen molar-refractivity contribution in [2.24, 2.45) is 10.9 Å². The van der Waals surface area contributed by atoms with Crippen LogP contribution < -0.4 is 19.6 Å². The average molecular weight is 495 g/mol. The number of hydrogen-bond donors (Lipinski definition) is 0. The summed E-state index contributed by atoms with van der Waals surface area (Å²) in [5.41, 5.74) is 1.90. The molecule has 0 bridgehead atoms. The maximum atomic E-state index is 13.6. The lowest BCUT2D eigenvalue weighted by Crippen LogP contribution is -2.39. The fourth-order valence-electron chi connectivity index (χ4n) is 3.83. The molecular formula is C27H27FN2O4S. The number of thiazole rings is 1. The number of fused-ring (bicyclic) bond motifs is 1. The SMILES string of the molecule is CCOC(=O)C1=C(C)N=c2s/c(=C/c3ccc(OCC(C)C)cc3)c(=O)n2[C@H]1c1ccc(F)cc1. The Kier molecular flexibility index (Phi) is 7.31. The van der Waals surface area contributed by atoms with Crippen molar-refractivity contribution in [3.63, 3.8) is 0 Å². The van der Waals surface area contributed by atoms with Gasteiger partial charge in [0.1, 0.15) is 11.6 Å². The maximum Gasteiger partial charge on any atom is 0.338 e. The van der Waals surface area contributed by atoms with Crippen LogP contribution in [-0.4, -0.2) is 23.8 Å². The minimum atomic E-state index is -0.764. The molecule has 0 unspecified atom stereocenters. The number of aromatic nitrogens is 1. The number of benzene rings is 2. The summed E-state index contributed by atoms with van der Waals surface area (Å²) in [6, 6.07) is 12.5. The molecule has 4 rings (SSSR count). The Morgan fingerprint density at radius 1 is 1.17 bits per heavy atom. The zero-order valence-electron chi connectivity index (χ0n) is 20.1. The van der Waals surface area contributed by atoms with Gasteiger partial charge in [0.15, 0.2) is 4.80 Å². The Morgan fingerprint density at radius 2 is 1.86 bits per heavy atom. The topological polar surface area (TPSA) is 69.9 Å². The Balaban J connectivity index is 1.80. The molecule has 0 radical (unpaired) electrons. The first kappa shape index (κ1) is 24.6. The Labute approximate surface area is 206 Å². The number of hydrogen-bond acceptors (Lipinski definition) is 6. The molecule has 0 fully saturated rings. The molecule has 1 atom stereocenters. The summed E-state index contributed by atoms with van der Waals surface area (Å²) < 4.78 is 26.6. The number of carbonyl (C=O) groups is 1. The average Bonchev–Trinajstić information content (AvgIpc) is 3.12. The van der Waals surface area contributed by atoms with Gasteiger partial charge < -0.3 is 9.47 Å². The highest BCUT2D eigenvalue weighted by Gasteiger charge is 2.33. The molecule has 3 aromatic rings. The number of esters is 1. The van der Waals surface area contributed by atoms with Gasteiger partial charge in [0.2, 0.25) is 0 Å². The molecule has 1 aromatic heterocycles. The molecule has 1 aliphatic rings. The minimum Gasteiger partial charge on any atom is -0.493 e. The first-order chi connectivity index (χ1) is 16.8. The summed E-state index contributed by atoms with van der Waals surface area (Å²) in [5, 5.41) is 0. The van der Waals surface area contributed by atoms with Gasteiger partial charge in [-0.2, -0.15) is 0 Å². The minimum absolute atomic E-state index is 0.188. The van der Waals surface area contributed by atoms with Crippen LogP contribution in [0.2, 0.25) is 0 Å². The third-order valence-electron chi connectivity index (χ3n) is 5.46. The molecule has 2 heterocycles. The van der Waals surface area contributed by atoms with Crippen LogP contribution in [0.15, 0.2) is 69.6 Å². The smallest absolute Gasteiger partial charge is 0.338 e. The molecular weight excluding hydrogens is 467 g/mol. The standard InChI is InChI=1S/C27H27FN2O4S/c1-5-33-26(32)23-17(4)29-27-30(24(23)19-8-10-20(28)11-9-19)25(31)22(35-27)14-18-6-12-21(13-7-18)34-15-16(2)3/h6-14,16,24H,5,15H2,1-4H3/b22-14+/t24-/m0/s1. The lowest BCUT2D eigenvalue weighted by molar-refractivity contribution is -0.139. The second-order valence-corrected chi connectivity index (χ2v) is 9.64. The van der Waals surface area contributed by atoms with Crippen LogP contribution in [0.5, 0.6) is 5.75 Å². The van der Waals surface area contributed by atoms with Crippen molar-refractivity contribution in [1.82, 2.24) is 4.57 Å². The molecule has 0 amide bonds. The number of carbonyl (C=O) groups excluding carboxylic acids is 1. The number of allylic oxidation sites excluding steroid dienone is 1. The highest BCUT2D eigenvalue weighted by Crippen LogP contribution is 2.30. The molecule has 0 N–H and O–H groups in total. The van der Waals surface area contributed by atoms with Crippen molar-refractivity contribution in [3.8, 4) is 5.75 Å². The fourth-order valence-corrected chi connectivity index (χ4v) is 4.87. The van der Waals surface area contributed by atoms with E-state index in [-0.39, 0.29) is 17.7 Å². The van der Waals surface area contributed by atoms with E-state index in [9.17, 15) is 14.0 Å². The summed E-state index contributed by atoms with van der Waals surface area (Å²) >= 11 is 1.24. The van der Waals surface area contributed by atoms with Crippen LogP contribution in [0.1, 0.15) is 44.9 Å². The molecule has 35 heavy (non-hydrogen) atoms. The zero-order valence-corrected chi connectivity index (χ0v) is 20.9. The monoisotopic (exact) mass is 494 g/mol. The Morgan fingerprint density at radius 3 is 2.49 bits per heavy atom. The van der Waals surface area contributed by atoms with Gasteiger partial charge in [0.05, 0.1) is 35.1 Å². The summed E-state index contributed by atoms with van der Waals surface area (Å²) in [7, 11) is 0. The summed E-state index contributed by atoms with van der Waals surface area (Å²) in [6.07, 6.45) is 1.79. The van der Waals surface area contributed by atoms with E-state index in [1.54, 1.807) is 32.1 Å². The van der Waals surface area contributed by atoms with Gasteiger partial charge in [-0.25, -0.2) is 14.2 Å².